The maximum atomic E-state index is 15.0. The van der Waals surface area contributed by atoms with Gasteiger partial charge in [0.2, 0.25) is 34.8 Å². The smallest absolute Gasteiger partial charge is 0.314 e. The van der Waals surface area contributed by atoms with Crippen molar-refractivity contribution in [1.82, 2.24) is 0 Å². The van der Waals surface area contributed by atoms with Gasteiger partial charge in [0.15, 0.2) is 69.8 Å². The van der Waals surface area contributed by atoms with Gasteiger partial charge in [-0.15, -0.1) is 0 Å². The van der Waals surface area contributed by atoms with Crippen LogP contribution in [0.1, 0.15) is 167 Å². The number of carbonyl (C=O) groups excluding carboxylic acids is 2. The molecular weight excluding hydrogens is 1040 g/mol. The molecular formula is C56H60F16O4. The predicted molar refractivity (Wildman–Crippen MR) is 251 cm³/mol. The SMILES string of the molecule is CCCCCCCCCCC1CCC(C(=O)Oc2c(F)c(F)c(-c3c(F)c(F)c(CCCC)c(F)c3F)c(F)c2F)CC1.CCc1c(F)c(F)c(-c2c(F)c(F)c(OC(=O)C3CCC(CC)CC3)c(F)c2F)c(F)c1F. The molecule has 0 spiro atoms. The lowest BCUT2D eigenvalue weighted by atomic mass is 9.79. The van der Waals surface area contributed by atoms with E-state index >= 15 is 0 Å². The van der Waals surface area contributed by atoms with Gasteiger partial charge in [-0.1, -0.05) is 98.3 Å². The molecule has 0 saturated heterocycles. The molecule has 20 heteroatoms. The third-order valence-corrected chi connectivity index (χ3v) is 14.6. The Balaban J connectivity index is 0.000000290. The first kappa shape index (κ1) is 61.6. The van der Waals surface area contributed by atoms with Crippen molar-refractivity contribution in [2.75, 3.05) is 0 Å². The molecule has 0 atom stereocenters. The maximum Gasteiger partial charge on any atom is 0.314 e. The molecule has 76 heavy (non-hydrogen) atoms. The molecule has 0 N–H and O–H groups in total. The van der Waals surface area contributed by atoms with Crippen LogP contribution < -0.4 is 9.47 Å². The fourth-order valence-electron chi connectivity index (χ4n) is 9.95. The highest BCUT2D eigenvalue weighted by Crippen LogP contribution is 2.44. The van der Waals surface area contributed by atoms with Crippen LogP contribution in [0.15, 0.2) is 0 Å². The number of ether oxygens (including phenoxy) is 2. The van der Waals surface area contributed by atoms with E-state index < -0.39 is 175 Å². The van der Waals surface area contributed by atoms with Crippen LogP contribution in [0.25, 0.3) is 22.3 Å². The van der Waals surface area contributed by atoms with Crippen molar-refractivity contribution < 1.29 is 89.3 Å². The van der Waals surface area contributed by atoms with E-state index in [0.29, 0.717) is 69.6 Å². The van der Waals surface area contributed by atoms with Gasteiger partial charge in [0, 0.05) is 11.1 Å². The average molecular weight is 1100 g/mol. The summed E-state index contributed by atoms with van der Waals surface area (Å²) in [5.74, 6) is -41.5. The second kappa shape index (κ2) is 27.8. The zero-order chi connectivity index (χ0) is 56.3. The Morgan fingerprint density at radius 1 is 0.355 bits per heavy atom. The molecule has 0 amide bonds. The van der Waals surface area contributed by atoms with Crippen LogP contribution in [0.2, 0.25) is 0 Å². The Morgan fingerprint density at radius 3 is 0.987 bits per heavy atom. The van der Waals surface area contributed by atoms with Crippen LogP contribution in [-0.2, 0) is 22.4 Å². The van der Waals surface area contributed by atoms with E-state index in [9.17, 15) is 79.8 Å². The standard InChI is InChI=1S/C33H40F8O2.C23H20F8O2/c1-3-5-7-8-9-10-11-12-13-19-15-17-20(18-16-19)33(42)43-32-30(40)28(38)23(29(39)31(32)41)22-26(36)24(34)21(14-6-4-2)25(35)27(22)37;1-3-9-5-7-10(8-6-9)23(32)33-22-20(30)18(28)13(19(29)21(22)31)12-16(26)14(24)11(4-2)15(25)17(12)27/h19-20H,3-18H2,1-2H3;9-10H,3-8H2,1-2H3. The number of unbranched alkanes of at least 4 members (excludes halogenated alkanes) is 8. The minimum Gasteiger partial charge on any atom is -0.420 e. The van der Waals surface area contributed by atoms with Gasteiger partial charge in [0.05, 0.1) is 34.1 Å². The third-order valence-electron chi connectivity index (χ3n) is 14.6. The van der Waals surface area contributed by atoms with Crippen molar-refractivity contribution in [2.24, 2.45) is 23.7 Å². The number of carbonyl (C=O) groups is 2. The summed E-state index contributed by atoms with van der Waals surface area (Å²) >= 11 is 0. The van der Waals surface area contributed by atoms with Gasteiger partial charge in [-0.25, -0.2) is 52.7 Å². The molecule has 0 bridgehead atoms. The Hall–Kier alpha value is -5.30. The number of hydrogen-bond acceptors (Lipinski definition) is 4. The predicted octanol–water partition coefficient (Wildman–Crippen LogP) is 18.2. The summed E-state index contributed by atoms with van der Waals surface area (Å²) in [6, 6.07) is 0. The van der Waals surface area contributed by atoms with Crippen LogP contribution >= 0.6 is 0 Å². The van der Waals surface area contributed by atoms with Crippen molar-refractivity contribution in [3.8, 4) is 33.8 Å². The quantitative estimate of drug-likeness (QED) is 0.0291. The first-order valence-corrected chi connectivity index (χ1v) is 25.9. The molecule has 0 unspecified atom stereocenters. The molecule has 0 aromatic heterocycles. The molecule has 420 valence electrons. The monoisotopic (exact) mass is 1100 g/mol. The topological polar surface area (TPSA) is 52.6 Å². The van der Waals surface area contributed by atoms with E-state index in [1.165, 1.54) is 45.4 Å². The number of hydrogen-bond donors (Lipinski definition) is 0. The minimum absolute atomic E-state index is 0.152. The molecule has 2 saturated carbocycles. The zero-order valence-electron chi connectivity index (χ0n) is 42.5. The average Bonchev–Trinajstić information content (AvgIpc) is 3.41. The van der Waals surface area contributed by atoms with E-state index in [1.54, 1.807) is 6.92 Å². The molecule has 2 aliphatic rings. The van der Waals surface area contributed by atoms with Crippen molar-refractivity contribution in [1.29, 1.82) is 0 Å². The van der Waals surface area contributed by atoms with Crippen molar-refractivity contribution in [3.63, 3.8) is 0 Å². The van der Waals surface area contributed by atoms with Crippen molar-refractivity contribution >= 4 is 11.9 Å². The number of halogens is 16. The fourth-order valence-corrected chi connectivity index (χ4v) is 9.95. The molecule has 0 aliphatic heterocycles. The fraction of sp³-hybridized carbons (Fsp3) is 0.536. The van der Waals surface area contributed by atoms with Crippen LogP contribution in [-0.4, -0.2) is 11.9 Å². The van der Waals surface area contributed by atoms with E-state index in [-0.39, 0.29) is 6.42 Å². The van der Waals surface area contributed by atoms with Crippen molar-refractivity contribution in [3.05, 3.63) is 104 Å². The highest BCUT2D eigenvalue weighted by atomic mass is 19.2. The Kier molecular flexibility index (Phi) is 22.5. The minimum atomic E-state index is -2.37. The molecule has 4 aromatic carbocycles. The molecule has 2 fully saturated rings. The molecule has 2 aliphatic carbocycles. The molecule has 0 heterocycles. The van der Waals surface area contributed by atoms with E-state index in [2.05, 4.69) is 11.7 Å². The summed E-state index contributed by atoms with van der Waals surface area (Å²) < 4.78 is 243. The van der Waals surface area contributed by atoms with Crippen LogP contribution in [0, 0.1) is 117 Å². The summed E-state index contributed by atoms with van der Waals surface area (Å²) in [5, 5.41) is 0. The maximum absolute atomic E-state index is 15.0. The largest absolute Gasteiger partial charge is 0.420 e. The van der Waals surface area contributed by atoms with Gasteiger partial charge in [0.25, 0.3) is 0 Å². The Bertz CT molecular complexity index is 2590. The number of esters is 2. The molecule has 0 radical (unpaired) electrons. The number of benzene rings is 4. The summed E-state index contributed by atoms with van der Waals surface area (Å²) in [7, 11) is 0. The lowest BCUT2D eigenvalue weighted by molar-refractivity contribution is -0.141. The van der Waals surface area contributed by atoms with Gasteiger partial charge >= 0.3 is 11.9 Å². The van der Waals surface area contributed by atoms with E-state index in [4.69, 9.17) is 4.74 Å². The van der Waals surface area contributed by atoms with Gasteiger partial charge in [-0.05, 0) is 82.5 Å². The van der Waals surface area contributed by atoms with Crippen molar-refractivity contribution in [2.45, 2.75) is 169 Å². The normalized spacial score (nSPS) is 17.6. The van der Waals surface area contributed by atoms with Crippen LogP contribution in [0.4, 0.5) is 70.2 Å². The summed E-state index contributed by atoms with van der Waals surface area (Å²) in [5.41, 5.74) is -9.89. The first-order valence-electron chi connectivity index (χ1n) is 25.9. The third kappa shape index (κ3) is 13.5. The highest BCUT2D eigenvalue weighted by Gasteiger charge is 2.39. The second-order valence-corrected chi connectivity index (χ2v) is 19.5. The van der Waals surface area contributed by atoms with Crippen LogP contribution in [0.3, 0.4) is 0 Å². The molecule has 6 rings (SSSR count). The zero-order valence-corrected chi connectivity index (χ0v) is 42.5. The number of rotatable bonds is 20. The van der Waals surface area contributed by atoms with E-state index in [1.807, 2.05) is 6.92 Å². The first-order chi connectivity index (χ1) is 36.1. The van der Waals surface area contributed by atoms with E-state index in [0.717, 1.165) is 25.7 Å². The summed E-state index contributed by atoms with van der Waals surface area (Å²) in [6.45, 7) is 6.97. The summed E-state index contributed by atoms with van der Waals surface area (Å²) in [4.78, 5) is 25.0. The molecule has 4 nitrogen and oxygen atoms in total. The van der Waals surface area contributed by atoms with Gasteiger partial charge < -0.3 is 9.47 Å². The lowest BCUT2D eigenvalue weighted by Crippen LogP contribution is -2.26. The summed E-state index contributed by atoms with van der Waals surface area (Å²) in [6.07, 6.45) is 15.3. The second-order valence-electron chi connectivity index (χ2n) is 19.5. The Morgan fingerprint density at radius 2 is 0.658 bits per heavy atom. The Labute approximate surface area is 430 Å². The molecule has 4 aromatic rings. The van der Waals surface area contributed by atoms with Crippen LogP contribution in [0.5, 0.6) is 11.5 Å². The van der Waals surface area contributed by atoms with Gasteiger partial charge in [0.1, 0.15) is 0 Å². The highest BCUT2D eigenvalue weighted by molar-refractivity contribution is 5.77. The van der Waals surface area contributed by atoms with Gasteiger partial charge in [-0.3, -0.25) is 9.59 Å². The van der Waals surface area contributed by atoms with Gasteiger partial charge in [-0.2, -0.15) is 17.6 Å². The lowest BCUT2D eigenvalue weighted by Gasteiger charge is -2.27.